The van der Waals surface area contributed by atoms with E-state index in [9.17, 15) is 13.2 Å². The first-order chi connectivity index (χ1) is 20.3. The van der Waals surface area contributed by atoms with E-state index in [4.69, 9.17) is 5.26 Å². The number of halogens is 5. The number of hydrogen-bond acceptors (Lipinski definition) is 1. The fourth-order valence-corrected chi connectivity index (χ4v) is 7.11. The number of unbranched alkanes of at least 4 members (excludes halogenated alkanes) is 2. The van der Waals surface area contributed by atoms with Crippen LogP contribution in [0.5, 0.6) is 0 Å². The zero-order valence-electron chi connectivity index (χ0n) is 24.2. The molecule has 1 fully saturated rings. The van der Waals surface area contributed by atoms with Crippen LogP contribution >= 0.6 is 0 Å². The van der Waals surface area contributed by atoms with Crippen molar-refractivity contribution in [2.24, 2.45) is 5.92 Å². The largest absolute Gasteiger partial charge is 0.207 e. The van der Waals surface area contributed by atoms with Crippen LogP contribution in [0.25, 0.3) is 0 Å². The van der Waals surface area contributed by atoms with Crippen molar-refractivity contribution in [3.05, 3.63) is 104 Å². The zero-order chi connectivity index (χ0) is 29.8. The van der Waals surface area contributed by atoms with Gasteiger partial charge in [-0.3, -0.25) is 0 Å². The maximum Gasteiger partial charge on any atom is 0.176 e. The Morgan fingerprint density at radius 2 is 1.55 bits per heavy atom. The Kier molecular flexibility index (Phi) is 9.66. The summed E-state index contributed by atoms with van der Waals surface area (Å²) in [4.78, 5) is 0. The van der Waals surface area contributed by atoms with Crippen LogP contribution in [0.3, 0.4) is 0 Å². The number of aryl methyl sites for hydroxylation is 2. The highest BCUT2D eigenvalue weighted by Gasteiger charge is 2.32. The van der Waals surface area contributed by atoms with Gasteiger partial charge in [-0.1, -0.05) is 38.0 Å². The normalized spacial score (nSPS) is 20.3. The molecular formula is C36H38F5N. The Morgan fingerprint density at radius 1 is 0.786 bits per heavy atom. The van der Waals surface area contributed by atoms with Gasteiger partial charge in [-0.2, -0.15) is 5.26 Å². The van der Waals surface area contributed by atoms with Gasteiger partial charge in [0.05, 0.1) is 5.56 Å². The Bertz CT molecular complexity index is 1460. The van der Waals surface area contributed by atoms with Crippen molar-refractivity contribution < 1.29 is 22.0 Å². The third-order valence-electron chi connectivity index (χ3n) is 9.57. The first-order valence-electron chi connectivity index (χ1n) is 15.5. The fraction of sp³-hybridized carbons (Fsp3) is 0.472. The molecule has 0 bridgehead atoms. The Hall–Kier alpha value is -3.20. The molecule has 1 saturated carbocycles. The molecule has 3 aromatic carbocycles. The quantitative estimate of drug-likeness (QED) is 0.183. The molecule has 2 aliphatic carbocycles. The van der Waals surface area contributed by atoms with E-state index in [2.05, 4.69) is 6.92 Å². The van der Waals surface area contributed by atoms with Gasteiger partial charge in [0, 0.05) is 5.56 Å². The van der Waals surface area contributed by atoms with E-state index in [1.807, 2.05) is 12.1 Å². The second kappa shape index (κ2) is 13.4. The minimum atomic E-state index is -1.14. The highest BCUT2D eigenvalue weighted by atomic mass is 19.2. The minimum absolute atomic E-state index is 0.123. The van der Waals surface area contributed by atoms with Crippen molar-refractivity contribution in [2.75, 3.05) is 0 Å². The maximum absolute atomic E-state index is 15.8. The van der Waals surface area contributed by atoms with Crippen LogP contribution in [0.4, 0.5) is 22.0 Å². The molecule has 222 valence electrons. The van der Waals surface area contributed by atoms with Crippen molar-refractivity contribution in [1.29, 1.82) is 5.26 Å². The van der Waals surface area contributed by atoms with Crippen LogP contribution in [0.2, 0.25) is 0 Å². The smallest absolute Gasteiger partial charge is 0.176 e. The molecule has 0 radical (unpaired) electrons. The molecule has 0 heterocycles. The van der Waals surface area contributed by atoms with Gasteiger partial charge >= 0.3 is 0 Å². The van der Waals surface area contributed by atoms with Gasteiger partial charge in [-0.25, -0.2) is 22.0 Å². The van der Waals surface area contributed by atoms with Crippen molar-refractivity contribution in [2.45, 2.75) is 102 Å². The van der Waals surface area contributed by atoms with E-state index >= 15 is 8.78 Å². The Balaban J connectivity index is 1.21. The lowest BCUT2D eigenvalue weighted by Gasteiger charge is -2.32. The average molecular weight is 580 g/mol. The number of hydrogen-bond donors (Lipinski definition) is 0. The Labute approximate surface area is 245 Å². The molecule has 6 heteroatoms. The molecule has 3 aromatic rings. The summed E-state index contributed by atoms with van der Waals surface area (Å²) < 4.78 is 74.6. The van der Waals surface area contributed by atoms with Crippen LogP contribution < -0.4 is 0 Å². The molecule has 0 N–H and O–H groups in total. The van der Waals surface area contributed by atoms with Crippen molar-refractivity contribution in [3.8, 4) is 6.07 Å². The van der Waals surface area contributed by atoms with Crippen LogP contribution in [0.1, 0.15) is 115 Å². The van der Waals surface area contributed by atoms with Crippen molar-refractivity contribution in [1.82, 2.24) is 0 Å². The van der Waals surface area contributed by atoms with Gasteiger partial charge in [0.15, 0.2) is 11.6 Å². The first kappa shape index (κ1) is 30.3. The zero-order valence-corrected chi connectivity index (χ0v) is 24.2. The number of nitriles is 1. The van der Waals surface area contributed by atoms with Gasteiger partial charge in [0.2, 0.25) is 0 Å². The number of benzene rings is 3. The molecule has 0 aliphatic heterocycles. The maximum atomic E-state index is 15.8. The highest BCUT2D eigenvalue weighted by Crippen LogP contribution is 2.44. The molecule has 1 atom stereocenters. The predicted molar refractivity (Wildman–Crippen MR) is 155 cm³/mol. The van der Waals surface area contributed by atoms with E-state index in [-0.39, 0.29) is 40.3 Å². The van der Waals surface area contributed by atoms with E-state index < -0.39 is 23.3 Å². The molecule has 1 nitrogen and oxygen atoms in total. The summed E-state index contributed by atoms with van der Waals surface area (Å²) in [5.41, 5.74) is 3.05. The molecule has 1 unspecified atom stereocenters. The molecule has 0 saturated heterocycles. The summed E-state index contributed by atoms with van der Waals surface area (Å²) >= 11 is 0. The third-order valence-corrected chi connectivity index (χ3v) is 9.57. The lowest BCUT2D eigenvalue weighted by molar-refractivity contribution is 0.360. The van der Waals surface area contributed by atoms with E-state index in [0.717, 1.165) is 44.1 Å². The number of fused-ring (bicyclic) bond motifs is 1. The van der Waals surface area contributed by atoms with Crippen LogP contribution in [0, 0.1) is 46.3 Å². The molecule has 0 spiro atoms. The van der Waals surface area contributed by atoms with Gasteiger partial charge in [-0.05, 0) is 134 Å². The van der Waals surface area contributed by atoms with Crippen LogP contribution in [-0.4, -0.2) is 0 Å². The molecular weight excluding hydrogens is 541 g/mol. The standard InChI is InChI=1S/C36H38F5N/c1-2-3-4-5-22-6-9-25(31(37)19-22)10-7-23-8-16-30-28(18-23)20-32(38)33(35(30)40)26-13-11-24(12-14-26)29-17-15-27(21-42)34(39)36(29)41/h6,9,15,17,19-20,23-24,26H,2-5,7-8,10-14,16,18H2,1H3. The molecule has 42 heavy (non-hydrogen) atoms. The Morgan fingerprint density at radius 3 is 2.26 bits per heavy atom. The van der Waals surface area contributed by atoms with Crippen molar-refractivity contribution >= 4 is 0 Å². The summed E-state index contributed by atoms with van der Waals surface area (Å²) in [6.07, 6.45) is 9.42. The summed E-state index contributed by atoms with van der Waals surface area (Å²) in [6.45, 7) is 2.15. The summed E-state index contributed by atoms with van der Waals surface area (Å²) in [7, 11) is 0. The van der Waals surface area contributed by atoms with Gasteiger partial charge < -0.3 is 0 Å². The van der Waals surface area contributed by atoms with Gasteiger partial charge in [0.25, 0.3) is 0 Å². The lowest BCUT2D eigenvalue weighted by atomic mass is 9.74. The van der Waals surface area contributed by atoms with E-state index in [1.165, 1.54) is 18.2 Å². The average Bonchev–Trinajstić information content (AvgIpc) is 2.98. The van der Waals surface area contributed by atoms with Gasteiger partial charge in [0.1, 0.15) is 23.5 Å². The summed E-state index contributed by atoms with van der Waals surface area (Å²) in [5.74, 6) is -3.61. The van der Waals surface area contributed by atoms with Crippen LogP contribution in [-0.2, 0) is 25.7 Å². The van der Waals surface area contributed by atoms with Crippen molar-refractivity contribution in [3.63, 3.8) is 0 Å². The molecule has 5 rings (SSSR count). The predicted octanol–water partition coefficient (Wildman–Crippen LogP) is 10.2. The highest BCUT2D eigenvalue weighted by molar-refractivity contribution is 5.40. The summed E-state index contributed by atoms with van der Waals surface area (Å²) in [5, 5.41) is 8.93. The lowest BCUT2D eigenvalue weighted by Crippen LogP contribution is -2.21. The number of rotatable bonds is 9. The summed E-state index contributed by atoms with van der Waals surface area (Å²) in [6, 6.07) is 11.4. The second-order valence-electron chi connectivity index (χ2n) is 12.2. The fourth-order valence-electron chi connectivity index (χ4n) is 7.11. The molecule has 0 amide bonds. The molecule has 2 aliphatic rings. The van der Waals surface area contributed by atoms with E-state index in [0.29, 0.717) is 61.6 Å². The van der Waals surface area contributed by atoms with E-state index in [1.54, 1.807) is 12.1 Å². The topological polar surface area (TPSA) is 23.8 Å². The monoisotopic (exact) mass is 579 g/mol. The number of nitrogens with zero attached hydrogens (tertiary/aromatic N) is 1. The van der Waals surface area contributed by atoms with Gasteiger partial charge in [-0.15, -0.1) is 0 Å². The molecule has 0 aromatic heterocycles. The SMILES string of the molecule is CCCCCc1ccc(CCC2CCc3c(cc(F)c(C4CCC(c5ccc(C#N)c(F)c5F)CC4)c3F)C2)c(F)c1. The minimum Gasteiger partial charge on any atom is -0.207 e. The first-order valence-corrected chi connectivity index (χ1v) is 15.5. The third kappa shape index (κ3) is 6.41. The second-order valence-corrected chi connectivity index (χ2v) is 12.2. The van der Waals surface area contributed by atoms with Crippen LogP contribution in [0.15, 0.2) is 36.4 Å².